The smallest absolute Gasteiger partial charge is 0.329 e. The summed E-state index contributed by atoms with van der Waals surface area (Å²) in [6.45, 7) is 1.78. The Morgan fingerprint density at radius 2 is 2.12 bits per heavy atom. The van der Waals surface area contributed by atoms with Crippen LogP contribution in [0.5, 0.6) is 0 Å². The topological polar surface area (TPSA) is 110 Å². The summed E-state index contributed by atoms with van der Waals surface area (Å²) in [7, 11) is 1.37. The lowest BCUT2D eigenvalue weighted by Gasteiger charge is -2.27. The van der Waals surface area contributed by atoms with E-state index in [2.05, 4.69) is 4.98 Å². The maximum Gasteiger partial charge on any atom is 0.329 e. The molecule has 172 valence electrons. The summed E-state index contributed by atoms with van der Waals surface area (Å²) in [5.41, 5.74) is 6.85. The van der Waals surface area contributed by atoms with Gasteiger partial charge in [0, 0.05) is 21.8 Å². The monoisotopic (exact) mass is 461 g/mol. The van der Waals surface area contributed by atoms with Gasteiger partial charge in [-0.1, -0.05) is 0 Å². The summed E-state index contributed by atoms with van der Waals surface area (Å²) in [5, 5.41) is 10.1. The molecule has 4 unspecified atom stereocenters. The van der Waals surface area contributed by atoms with E-state index in [1.807, 2.05) is 13.0 Å². The fourth-order valence-corrected chi connectivity index (χ4v) is 6.72. The molecule has 2 aromatic heterocycles. The molecule has 0 aromatic carbocycles. The second kappa shape index (κ2) is 7.97. The van der Waals surface area contributed by atoms with Gasteiger partial charge < -0.3 is 15.6 Å². The van der Waals surface area contributed by atoms with Gasteiger partial charge in [0.2, 0.25) is 0 Å². The Balaban J connectivity index is 1.69. The Kier molecular flexibility index (Phi) is 5.38. The summed E-state index contributed by atoms with van der Waals surface area (Å²) in [6.07, 6.45) is 2.71. The lowest BCUT2D eigenvalue weighted by atomic mass is 9.82. The number of halogens is 1. The van der Waals surface area contributed by atoms with E-state index >= 15 is 4.39 Å². The van der Waals surface area contributed by atoms with E-state index in [1.165, 1.54) is 12.0 Å². The molecule has 4 atom stereocenters. The molecule has 7 nitrogen and oxygen atoms in total. The molecule has 1 fully saturated rings. The number of nitrogens with one attached hydrogen (secondary N) is 1. The molecule has 3 aliphatic carbocycles. The summed E-state index contributed by atoms with van der Waals surface area (Å²) in [5.74, 6) is -0.435. The third-order valence-corrected chi connectivity index (χ3v) is 8.49. The minimum absolute atomic E-state index is 0.0159. The number of aliphatic hydroxyl groups is 1. The highest BCUT2D eigenvalue weighted by molar-refractivity contribution is 7.12. The number of H-pyrrole nitrogens is 1. The molecule has 0 saturated heterocycles. The molecule has 2 aromatic rings. The van der Waals surface area contributed by atoms with E-state index in [4.69, 9.17) is 10.5 Å². The summed E-state index contributed by atoms with van der Waals surface area (Å²) in [4.78, 5) is 29.8. The molecule has 0 aliphatic heterocycles. The zero-order chi connectivity index (χ0) is 22.7. The predicted octanol–water partition coefficient (Wildman–Crippen LogP) is 0.418. The van der Waals surface area contributed by atoms with Gasteiger partial charge in [-0.2, -0.15) is 0 Å². The van der Waals surface area contributed by atoms with Gasteiger partial charge in [-0.3, -0.25) is 14.3 Å². The van der Waals surface area contributed by atoms with Crippen molar-refractivity contribution in [3.63, 3.8) is 0 Å². The SMILES string of the molecule is COC1=c2c(=O)[nH]c(=O)n(C3CC3)c2=C(C)C(c2cc3c(s2)CCC(C(N)CO)C3)C1F. The molecule has 2 heterocycles. The highest BCUT2D eigenvalue weighted by atomic mass is 32.1. The normalized spacial score (nSPS) is 26.0. The average Bonchev–Trinajstić information content (AvgIpc) is 3.52. The zero-order valence-corrected chi connectivity index (χ0v) is 19.0. The number of rotatable bonds is 5. The van der Waals surface area contributed by atoms with Crippen LogP contribution < -0.4 is 27.6 Å². The van der Waals surface area contributed by atoms with Crippen LogP contribution in [0.4, 0.5) is 4.39 Å². The van der Waals surface area contributed by atoms with Crippen molar-refractivity contribution < 1.29 is 14.2 Å². The first-order valence-corrected chi connectivity index (χ1v) is 11.9. The maximum absolute atomic E-state index is 15.9. The molecular formula is C23H28FN3O4S. The van der Waals surface area contributed by atoms with Crippen molar-refractivity contribution in [3.8, 4) is 0 Å². The number of aliphatic hydroxyl groups excluding tert-OH is 1. The Morgan fingerprint density at radius 3 is 2.78 bits per heavy atom. The van der Waals surface area contributed by atoms with Crippen LogP contribution in [-0.4, -0.2) is 40.6 Å². The van der Waals surface area contributed by atoms with Crippen LogP contribution in [0.1, 0.15) is 53.5 Å². The molecule has 32 heavy (non-hydrogen) atoms. The standard InChI is InChI=1S/C23H28FN3O4S/c1-10-17(16-8-12-7-11(14(25)9-28)3-6-15(12)32-16)19(24)21(31-2)18-20(10)27(13-4-5-13)23(30)26-22(18)29/h8,11,13-14,17,19,28H,3-7,9,25H2,1-2H3,(H,26,29,30). The highest BCUT2D eigenvalue weighted by Gasteiger charge is 2.39. The molecule has 4 N–H and O–H groups in total. The van der Waals surface area contributed by atoms with Crippen molar-refractivity contribution in [2.75, 3.05) is 13.7 Å². The Labute approximate surface area is 188 Å². The van der Waals surface area contributed by atoms with E-state index in [-0.39, 0.29) is 35.6 Å². The molecule has 0 bridgehead atoms. The van der Waals surface area contributed by atoms with Crippen LogP contribution in [0, 0.1) is 5.92 Å². The van der Waals surface area contributed by atoms with E-state index in [1.54, 1.807) is 15.9 Å². The molecular weight excluding hydrogens is 433 g/mol. The second-order valence-corrected chi connectivity index (χ2v) is 10.3. The highest BCUT2D eigenvalue weighted by Crippen LogP contribution is 2.43. The first kappa shape index (κ1) is 21.6. The van der Waals surface area contributed by atoms with Crippen LogP contribution in [0.25, 0.3) is 11.3 Å². The van der Waals surface area contributed by atoms with Gasteiger partial charge in [0.05, 0.1) is 25.0 Å². The first-order chi connectivity index (χ1) is 15.3. The number of nitrogens with two attached hydrogens (primary N) is 1. The largest absolute Gasteiger partial charge is 0.497 e. The maximum atomic E-state index is 15.9. The number of aromatic nitrogens is 2. The molecule has 3 aliphatic rings. The number of ether oxygens (including phenoxy) is 1. The van der Waals surface area contributed by atoms with Gasteiger partial charge in [-0.05, 0) is 62.1 Å². The van der Waals surface area contributed by atoms with Gasteiger partial charge in [0.15, 0.2) is 6.17 Å². The van der Waals surface area contributed by atoms with E-state index < -0.39 is 23.3 Å². The molecule has 0 spiro atoms. The molecule has 5 rings (SSSR count). The number of nitrogens with zero attached hydrogens (tertiary/aromatic N) is 1. The lowest BCUT2D eigenvalue weighted by molar-refractivity contribution is 0.216. The predicted molar refractivity (Wildman–Crippen MR) is 121 cm³/mol. The fourth-order valence-electron chi connectivity index (χ4n) is 5.32. The van der Waals surface area contributed by atoms with Gasteiger partial charge in [0.25, 0.3) is 5.56 Å². The third-order valence-electron chi connectivity index (χ3n) is 7.17. The van der Waals surface area contributed by atoms with Crippen LogP contribution in [-0.2, 0) is 17.6 Å². The molecule has 0 radical (unpaired) electrons. The summed E-state index contributed by atoms with van der Waals surface area (Å²) in [6, 6.07) is 1.81. The van der Waals surface area contributed by atoms with Crippen molar-refractivity contribution >= 4 is 22.7 Å². The van der Waals surface area contributed by atoms with Crippen molar-refractivity contribution in [3.05, 3.63) is 52.8 Å². The number of hydrogen-bond donors (Lipinski definition) is 3. The Bertz CT molecular complexity index is 1310. The van der Waals surface area contributed by atoms with Crippen LogP contribution in [0.3, 0.4) is 0 Å². The van der Waals surface area contributed by atoms with Gasteiger partial charge in [0.1, 0.15) is 11.0 Å². The van der Waals surface area contributed by atoms with Crippen molar-refractivity contribution in [2.24, 2.45) is 11.7 Å². The molecule has 9 heteroatoms. The molecule has 1 saturated carbocycles. The number of alkyl halides is 1. The van der Waals surface area contributed by atoms with E-state index in [9.17, 15) is 14.7 Å². The van der Waals surface area contributed by atoms with Gasteiger partial charge in [-0.15, -0.1) is 11.3 Å². The zero-order valence-electron chi connectivity index (χ0n) is 18.2. The number of hydrogen-bond acceptors (Lipinski definition) is 6. The summed E-state index contributed by atoms with van der Waals surface area (Å²) < 4.78 is 23.0. The fraction of sp³-hybridized carbons (Fsp3) is 0.565. The first-order valence-electron chi connectivity index (χ1n) is 11.1. The van der Waals surface area contributed by atoms with Crippen molar-refractivity contribution in [2.45, 2.75) is 63.2 Å². The number of fused-ring (bicyclic) bond motifs is 2. The van der Waals surface area contributed by atoms with E-state index in [0.717, 1.165) is 42.5 Å². The number of aromatic amines is 1. The lowest BCUT2D eigenvalue weighted by Crippen LogP contribution is -2.58. The Hall–Kier alpha value is -2.23. The van der Waals surface area contributed by atoms with Crippen LogP contribution in [0.15, 0.2) is 15.7 Å². The van der Waals surface area contributed by atoms with Crippen molar-refractivity contribution in [1.82, 2.24) is 9.55 Å². The number of aryl methyl sites for hydroxylation is 1. The van der Waals surface area contributed by atoms with Gasteiger partial charge in [-0.25, -0.2) is 9.18 Å². The van der Waals surface area contributed by atoms with Crippen LogP contribution in [0.2, 0.25) is 0 Å². The average molecular weight is 462 g/mol. The van der Waals surface area contributed by atoms with E-state index in [0.29, 0.717) is 10.9 Å². The number of methoxy groups -OCH3 is 1. The third kappa shape index (κ3) is 3.29. The number of thiophene rings is 1. The van der Waals surface area contributed by atoms with Gasteiger partial charge >= 0.3 is 5.69 Å². The molecule has 0 amide bonds. The minimum atomic E-state index is -1.52. The quantitative estimate of drug-likeness (QED) is 0.598. The summed E-state index contributed by atoms with van der Waals surface area (Å²) >= 11 is 1.59. The Morgan fingerprint density at radius 1 is 1.38 bits per heavy atom. The minimum Gasteiger partial charge on any atom is -0.497 e. The van der Waals surface area contributed by atoms with Crippen molar-refractivity contribution in [1.29, 1.82) is 0 Å². The second-order valence-electron chi connectivity index (χ2n) is 9.16. The van der Waals surface area contributed by atoms with Crippen LogP contribution >= 0.6 is 11.3 Å².